The van der Waals surface area contributed by atoms with E-state index in [2.05, 4.69) is 192 Å². The second kappa shape index (κ2) is 11.9. The number of furan rings is 1. The first-order valence-corrected chi connectivity index (χ1v) is 17.3. The maximum atomic E-state index is 6.17. The molecule has 9 aromatic carbocycles. The summed E-state index contributed by atoms with van der Waals surface area (Å²) in [5.41, 5.74) is 8.32. The van der Waals surface area contributed by atoms with Crippen LogP contribution in [0.3, 0.4) is 0 Å². The molecule has 0 aliphatic rings. The minimum absolute atomic E-state index is 0.888. The van der Waals surface area contributed by atoms with Crippen LogP contribution in [-0.2, 0) is 0 Å². The van der Waals surface area contributed by atoms with Crippen LogP contribution in [0.5, 0.6) is 0 Å². The van der Waals surface area contributed by atoms with E-state index in [9.17, 15) is 0 Å². The van der Waals surface area contributed by atoms with Crippen LogP contribution in [0, 0.1) is 0 Å². The van der Waals surface area contributed by atoms with Crippen LogP contribution in [0.15, 0.2) is 199 Å². The Hall–Kier alpha value is -6.84. The highest BCUT2D eigenvalue weighted by atomic mass is 16.3. The van der Waals surface area contributed by atoms with Gasteiger partial charge in [0.25, 0.3) is 0 Å². The number of para-hydroxylation sites is 3. The van der Waals surface area contributed by atoms with Gasteiger partial charge >= 0.3 is 0 Å². The van der Waals surface area contributed by atoms with Crippen LogP contribution in [0.2, 0.25) is 0 Å². The van der Waals surface area contributed by atoms with Gasteiger partial charge in [-0.25, -0.2) is 0 Å². The largest absolute Gasteiger partial charge is 0.456 e. The van der Waals surface area contributed by atoms with E-state index in [-0.39, 0.29) is 0 Å². The second-order valence-corrected chi connectivity index (χ2v) is 13.0. The van der Waals surface area contributed by atoms with E-state index < -0.39 is 0 Å². The van der Waals surface area contributed by atoms with Crippen LogP contribution in [0.1, 0.15) is 0 Å². The molecule has 0 saturated carbocycles. The molecule has 0 spiro atoms. The van der Waals surface area contributed by atoms with Gasteiger partial charge in [0.2, 0.25) is 0 Å². The lowest BCUT2D eigenvalue weighted by atomic mass is 9.96. The van der Waals surface area contributed by atoms with E-state index in [1.165, 1.54) is 32.3 Å². The zero-order valence-corrected chi connectivity index (χ0v) is 27.8. The first-order valence-electron chi connectivity index (χ1n) is 17.3. The summed E-state index contributed by atoms with van der Waals surface area (Å²) in [6.45, 7) is 0. The Morgan fingerprint density at radius 2 is 0.706 bits per heavy atom. The Morgan fingerprint density at radius 1 is 0.255 bits per heavy atom. The summed E-state index contributed by atoms with van der Waals surface area (Å²) in [6.07, 6.45) is 0. The summed E-state index contributed by atoms with van der Waals surface area (Å²) in [4.78, 5) is 4.65. The van der Waals surface area contributed by atoms with Crippen LogP contribution in [0.4, 0.5) is 34.1 Å². The quantitative estimate of drug-likeness (QED) is 0.167. The summed E-state index contributed by atoms with van der Waals surface area (Å²) >= 11 is 0. The van der Waals surface area contributed by atoms with Crippen LogP contribution in [-0.4, -0.2) is 0 Å². The van der Waals surface area contributed by atoms with Crippen LogP contribution < -0.4 is 9.80 Å². The van der Waals surface area contributed by atoms with Crippen molar-refractivity contribution < 1.29 is 4.42 Å². The Morgan fingerprint density at radius 3 is 1.39 bits per heavy atom. The maximum Gasteiger partial charge on any atom is 0.135 e. The molecule has 0 amide bonds. The van der Waals surface area contributed by atoms with Crippen molar-refractivity contribution in [3.8, 4) is 0 Å². The topological polar surface area (TPSA) is 19.6 Å². The SMILES string of the molecule is c1ccc(N(c2ccc(N(c3ccccc3)c3ccc4oc5ccccc5c4c3)cc2)c2ccc3c(ccc4c5ccccc5ccc34)c2)cc1. The molecule has 0 unspecified atom stereocenters. The molecule has 10 aromatic rings. The average molecular weight is 653 g/mol. The molecule has 240 valence electrons. The number of nitrogens with zero attached hydrogens (tertiary/aromatic N) is 2. The molecule has 51 heavy (non-hydrogen) atoms. The van der Waals surface area contributed by atoms with Gasteiger partial charge in [0, 0.05) is 44.9 Å². The van der Waals surface area contributed by atoms with Crippen molar-refractivity contribution in [1.82, 2.24) is 0 Å². The summed E-state index contributed by atoms with van der Waals surface area (Å²) in [5.74, 6) is 0. The van der Waals surface area contributed by atoms with E-state index in [0.717, 1.165) is 56.1 Å². The summed E-state index contributed by atoms with van der Waals surface area (Å²) in [5, 5.41) is 9.80. The normalized spacial score (nSPS) is 11.5. The summed E-state index contributed by atoms with van der Waals surface area (Å²) in [6, 6.07) is 69.2. The molecule has 3 nitrogen and oxygen atoms in total. The van der Waals surface area contributed by atoms with Crippen molar-refractivity contribution in [2.24, 2.45) is 0 Å². The molecule has 0 radical (unpaired) electrons. The lowest BCUT2D eigenvalue weighted by molar-refractivity contribution is 0.669. The molecular formula is C48H32N2O. The van der Waals surface area contributed by atoms with E-state index in [1.54, 1.807) is 0 Å². The molecule has 0 aliphatic carbocycles. The highest BCUT2D eigenvalue weighted by Gasteiger charge is 2.18. The molecule has 0 fully saturated rings. The molecule has 0 N–H and O–H groups in total. The third kappa shape index (κ3) is 4.98. The number of hydrogen-bond donors (Lipinski definition) is 0. The maximum absolute atomic E-state index is 6.17. The van der Waals surface area contributed by atoms with E-state index in [1.807, 2.05) is 12.1 Å². The smallest absolute Gasteiger partial charge is 0.135 e. The van der Waals surface area contributed by atoms with Crippen molar-refractivity contribution in [3.63, 3.8) is 0 Å². The fourth-order valence-electron chi connectivity index (χ4n) is 7.61. The first-order chi connectivity index (χ1) is 25.3. The van der Waals surface area contributed by atoms with Crippen molar-refractivity contribution in [1.29, 1.82) is 0 Å². The Balaban J connectivity index is 1.08. The molecule has 0 aliphatic heterocycles. The molecule has 1 heterocycles. The second-order valence-electron chi connectivity index (χ2n) is 13.0. The van der Waals surface area contributed by atoms with Gasteiger partial charge in [-0.05, 0) is 117 Å². The van der Waals surface area contributed by atoms with E-state index >= 15 is 0 Å². The summed E-state index contributed by atoms with van der Waals surface area (Å²) < 4.78 is 6.17. The molecule has 0 atom stereocenters. The minimum Gasteiger partial charge on any atom is -0.456 e. The predicted molar refractivity (Wildman–Crippen MR) is 216 cm³/mol. The zero-order chi connectivity index (χ0) is 33.7. The van der Waals surface area contributed by atoms with Crippen molar-refractivity contribution in [2.45, 2.75) is 0 Å². The van der Waals surface area contributed by atoms with Gasteiger partial charge < -0.3 is 14.2 Å². The molecular weight excluding hydrogens is 621 g/mol. The van der Waals surface area contributed by atoms with Gasteiger partial charge in [-0.3, -0.25) is 0 Å². The fourth-order valence-corrected chi connectivity index (χ4v) is 7.61. The molecule has 1 aromatic heterocycles. The molecule has 3 heteroatoms. The van der Waals surface area contributed by atoms with Crippen molar-refractivity contribution in [3.05, 3.63) is 194 Å². The van der Waals surface area contributed by atoms with Crippen LogP contribution >= 0.6 is 0 Å². The average Bonchev–Trinajstić information content (AvgIpc) is 3.57. The van der Waals surface area contributed by atoms with Crippen molar-refractivity contribution >= 4 is 88.4 Å². The standard InChI is InChI=1S/C48H32N2O/c1-3-12-35(13-4-1)49(39-25-29-42-34(31-39)20-28-43-41-16-8-7-11-33(41)19-27-44(42)43)37-21-23-38(24-22-37)50(36-14-5-2-6-15-36)40-26-30-48-46(32-40)45-17-9-10-18-47(45)51-48/h1-32H. The highest BCUT2D eigenvalue weighted by Crippen LogP contribution is 2.42. The van der Waals surface area contributed by atoms with E-state index in [4.69, 9.17) is 4.42 Å². The number of fused-ring (bicyclic) bond motifs is 8. The Labute approximate surface area is 295 Å². The van der Waals surface area contributed by atoms with Gasteiger partial charge in [0.1, 0.15) is 11.2 Å². The lowest BCUT2D eigenvalue weighted by Gasteiger charge is -2.28. The number of benzene rings is 9. The Bertz CT molecular complexity index is 2860. The monoisotopic (exact) mass is 652 g/mol. The van der Waals surface area contributed by atoms with Crippen LogP contribution in [0.25, 0.3) is 54.3 Å². The predicted octanol–water partition coefficient (Wildman–Crippen LogP) is 14.0. The summed E-state index contributed by atoms with van der Waals surface area (Å²) in [7, 11) is 0. The first kappa shape index (κ1) is 29.1. The van der Waals surface area contributed by atoms with Gasteiger partial charge in [0.05, 0.1) is 0 Å². The van der Waals surface area contributed by atoms with E-state index in [0.29, 0.717) is 0 Å². The van der Waals surface area contributed by atoms with Gasteiger partial charge in [-0.15, -0.1) is 0 Å². The van der Waals surface area contributed by atoms with Gasteiger partial charge in [-0.1, -0.05) is 109 Å². The minimum atomic E-state index is 0.888. The third-order valence-electron chi connectivity index (χ3n) is 10.00. The van der Waals surface area contributed by atoms with Gasteiger partial charge in [0.15, 0.2) is 0 Å². The number of rotatable bonds is 6. The number of hydrogen-bond acceptors (Lipinski definition) is 3. The lowest BCUT2D eigenvalue weighted by Crippen LogP contribution is -2.12. The number of anilines is 6. The molecule has 0 saturated heterocycles. The van der Waals surface area contributed by atoms with Gasteiger partial charge in [-0.2, -0.15) is 0 Å². The van der Waals surface area contributed by atoms with Crippen molar-refractivity contribution in [2.75, 3.05) is 9.80 Å². The molecule has 10 rings (SSSR count). The molecule has 0 bridgehead atoms. The zero-order valence-electron chi connectivity index (χ0n) is 27.8. The third-order valence-corrected chi connectivity index (χ3v) is 10.00. The highest BCUT2D eigenvalue weighted by molar-refractivity contribution is 6.17. The fraction of sp³-hybridized carbons (Fsp3) is 0. The Kier molecular flexibility index (Phi) is 6.81.